The number of rotatable bonds is 2. The first kappa shape index (κ1) is 15.0. The van der Waals surface area contributed by atoms with Gasteiger partial charge in [0.25, 0.3) is 5.91 Å². The maximum absolute atomic E-state index is 13.5. The van der Waals surface area contributed by atoms with Crippen LogP contribution in [0.3, 0.4) is 0 Å². The second-order valence-corrected chi connectivity index (χ2v) is 5.18. The highest BCUT2D eigenvalue weighted by Gasteiger charge is 2.25. The summed E-state index contributed by atoms with van der Waals surface area (Å²) in [7, 11) is 0. The van der Waals surface area contributed by atoms with E-state index >= 15 is 0 Å². The Kier molecular flexibility index (Phi) is 3.97. The van der Waals surface area contributed by atoms with Gasteiger partial charge in [-0.3, -0.25) is 9.59 Å². The van der Waals surface area contributed by atoms with E-state index in [9.17, 15) is 14.0 Å². The Balaban J connectivity index is 1.93. The van der Waals surface area contributed by atoms with Crippen LogP contribution in [0, 0.1) is 5.82 Å². The molecule has 23 heavy (non-hydrogen) atoms. The summed E-state index contributed by atoms with van der Waals surface area (Å²) in [5.74, 6) is -0.441. The Morgan fingerprint density at radius 2 is 2.04 bits per heavy atom. The Bertz CT molecular complexity index is 776. The fourth-order valence-electron chi connectivity index (χ4n) is 2.49. The average Bonchev–Trinajstić information content (AvgIpc) is 2.53. The monoisotopic (exact) mass is 314 g/mol. The van der Waals surface area contributed by atoms with E-state index in [4.69, 9.17) is 4.74 Å². The lowest BCUT2D eigenvalue weighted by molar-refractivity contribution is -0.114. The smallest absolute Gasteiger partial charge is 0.258 e. The molecule has 2 aromatic carbocycles. The molecule has 0 aliphatic carbocycles. The van der Waals surface area contributed by atoms with Crippen molar-refractivity contribution in [1.29, 1.82) is 0 Å². The largest absolute Gasteiger partial charge is 0.490 e. The molecule has 0 radical (unpaired) electrons. The SMILES string of the molecule is CC(=O)Nc1cccc(C(=O)N2CCOc3ccc(F)cc32)c1. The van der Waals surface area contributed by atoms with Crippen LogP contribution in [0.2, 0.25) is 0 Å². The number of benzene rings is 2. The number of ether oxygens (including phenoxy) is 1. The molecule has 1 aliphatic rings. The van der Waals surface area contributed by atoms with Gasteiger partial charge in [-0.2, -0.15) is 0 Å². The van der Waals surface area contributed by atoms with E-state index in [1.54, 1.807) is 24.3 Å². The molecule has 1 aliphatic heterocycles. The highest BCUT2D eigenvalue weighted by Crippen LogP contribution is 2.33. The summed E-state index contributed by atoms with van der Waals surface area (Å²) in [4.78, 5) is 25.4. The Morgan fingerprint density at radius 3 is 2.83 bits per heavy atom. The molecule has 0 atom stereocenters. The number of nitrogens with one attached hydrogen (secondary N) is 1. The minimum atomic E-state index is -0.431. The van der Waals surface area contributed by atoms with Crippen LogP contribution in [-0.4, -0.2) is 25.0 Å². The van der Waals surface area contributed by atoms with E-state index < -0.39 is 5.82 Å². The van der Waals surface area contributed by atoms with Crippen molar-refractivity contribution < 1.29 is 18.7 Å². The van der Waals surface area contributed by atoms with Crippen molar-refractivity contribution in [2.45, 2.75) is 6.92 Å². The van der Waals surface area contributed by atoms with E-state index in [1.165, 1.54) is 30.0 Å². The van der Waals surface area contributed by atoms with Crippen molar-refractivity contribution in [2.24, 2.45) is 0 Å². The van der Waals surface area contributed by atoms with Crippen LogP contribution in [0.15, 0.2) is 42.5 Å². The Hall–Kier alpha value is -2.89. The molecule has 0 unspecified atom stereocenters. The highest BCUT2D eigenvalue weighted by atomic mass is 19.1. The van der Waals surface area contributed by atoms with Crippen LogP contribution in [0.25, 0.3) is 0 Å². The molecule has 2 aromatic rings. The zero-order chi connectivity index (χ0) is 16.4. The van der Waals surface area contributed by atoms with Crippen LogP contribution in [0.5, 0.6) is 5.75 Å². The first-order valence-corrected chi connectivity index (χ1v) is 7.16. The van der Waals surface area contributed by atoms with Gasteiger partial charge in [0.1, 0.15) is 18.2 Å². The van der Waals surface area contributed by atoms with Crippen molar-refractivity contribution in [3.05, 3.63) is 53.8 Å². The number of carbonyl (C=O) groups is 2. The minimum absolute atomic E-state index is 0.214. The molecule has 5 nitrogen and oxygen atoms in total. The van der Waals surface area contributed by atoms with Crippen LogP contribution in [0.1, 0.15) is 17.3 Å². The predicted molar refractivity (Wildman–Crippen MR) is 84.3 cm³/mol. The van der Waals surface area contributed by atoms with E-state index in [2.05, 4.69) is 5.32 Å². The van der Waals surface area contributed by atoms with Gasteiger partial charge in [0.15, 0.2) is 0 Å². The molecule has 0 bridgehead atoms. The van der Waals surface area contributed by atoms with Gasteiger partial charge in [-0.15, -0.1) is 0 Å². The van der Waals surface area contributed by atoms with Crippen molar-refractivity contribution in [3.8, 4) is 5.75 Å². The molecule has 6 heteroatoms. The molecule has 1 heterocycles. The van der Waals surface area contributed by atoms with Crippen LogP contribution < -0.4 is 15.0 Å². The molecule has 0 spiro atoms. The third-order valence-corrected chi connectivity index (χ3v) is 3.46. The predicted octanol–water partition coefficient (Wildman–Crippen LogP) is 2.82. The summed E-state index contributed by atoms with van der Waals surface area (Å²) in [5, 5.41) is 2.64. The van der Waals surface area contributed by atoms with Gasteiger partial charge < -0.3 is 15.0 Å². The molecule has 0 fully saturated rings. The van der Waals surface area contributed by atoms with Gasteiger partial charge in [0.2, 0.25) is 5.91 Å². The van der Waals surface area contributed by atoms with Crippen molar-refractivity contribution >= 4 is 23.2 Å². The Labute approximate surface area is 132 Å². The summed E-state index contributed by atoms with van der Waals surface area (Å²) in [6, 6.07) is 10.7. The van der Waals surface area contributed by atoms with Gasteiger partial charge in [-0.25, -0.2) is 4.39 Å². The number of amides is 2. The van der Waals surface area contributed by atoms with Gasteiger partial charge in [-0.1, -0.05) is 6.07 Å². The number of nitrogens with zero attached hydrogens (tertiary/aromatic N) is 1. The van der Waals surface area contributed by atoms with Crippen LogP contribution >= 0.6 is 0 Å². The number of hydrogen-bond acceptors (Lipinski definition) is 3. The minimum Gasteiger partial charge on any atom is -0.490 e. The van der Waals surface area contributed by atoms with Crippen LogP contribution in [0.4, 0.5) is 15.8 Å². The maximum Gasteiger partial charge on any atom is 0.258 e. The van der Waals surface area contributed by atoms with E-state index in [0.29, 0.717) is 35.8 Å². The highest BCUT2D eigenvalue weighted by molar-refractivity contribution is 6.08. The Morgan fingerprint density at radius 1 is 1.22 bits per heavy atom. The zero-order valence-electron chi connectivity index (χ0n) is 12.5. The second-order valence-electron chi connectivity index (χ2n) is 5.18. The fourth-order valence-corrected chi connectivity index (χ4v) is 2.49. The van der Waals surface area contributed by atoms with Crippen molar-refractivity contribution in [1.82, 2.24) is 0 Å². The van der Waals surface area contributed by atoms with Crippen molar-refractivity contribution in [2.75, 3.05) is 23.4 Å². The van der Waals surface area contributed by atoms with Gasteiger partial charge in [0.05, 0.1) is 12.2 Å². The summed E-state index contributed by atoms with van der Waals surface area (Å²) < 4.78 is 19.0. The molecule has 3 rings (SSSR count). The average molecular weight is 314 g/mol. The molecular formula is C17H15FN2O3. The molecule has 0 saturated carbocycles. The third-order valence-electron chi connectivity index (χ3n) is 3.46. The topological polar surface area (TPSA) is 58.6 Å². The number of hydrogen-bond donors (Lipinski definition) is 1. The number of carbonyl (C=O) groups excluding carboxylic acids is 2. The van der Waals surface area contributed by atoms with Gasteiger partial charge in [0, 0.05) is 24.2 Å². The fraction of sp³-hybridized carbons (Fsp3) is 0.176. The summed E-state index contributed by atoms with van der Waals surface area (Å²) in [6.07, 6.45) is 0. The van der Waals surface area contributed by atoms with Gasteiger partial charge >= 0.3 is 0 Å². The number of fused-ring (bicyclic) bond motifs is 1. The zero-order valence-corrected chi connectivity index (χ0v) is 12.5. The lowest BCUT2D eigenvalue weighted by Gasteiger charge is -2.29. The second kappa shape index (κ2) is 6.08. The number of anilines is 2. The quantitative estimate of drug-likeness (QED) is 0.927. The van der Waals surface area contributed by atoms with Gasteiger partial charge in [-0.05, 0) is 30.3 Å². The molecule has 2 amide bonds. The standard InChI is InChI=1S/C17H15FN2O3/c1-11(21)19-14-4-2-3-12(9-14)17(22)20-7-8-23-16-6-5-13(18)10-15(16)20/h2-6,9-10H,7-8H2,1H3,(H,19,21). The normalized spacial score (nSPS) is 13.0. The molecule has 0 aromatic heterocycles. The van der Waals surface area contributed by atoms with Crippen LogP contribution in [-0.2, 0) is 4.79 Å². The first-order valence-electron chi connectivity index (χ1n) is 7.16. The lowest BCUT2D eigenvalue weighted by atomic mass is 10.1. The van der Waals surface area contributed by atoms with E-state index in [-0.39, 0.29) is 11.8 Å². The molecular weight excluding hydrogens is 299 g/mol. The maximum atomic E-state index is 13.5. The summed E-state index contributed by atoms with van der Waals surface area (Å²) >= 11 is 0. The van der Waals surface area contributed by atoms with E-state index in [1.807, 2.05) is 0 Å². The van der Waals surface area contributed by atoms with E-state index in [0.717, 1.165) is 0 Å². The third kappa shape index (κ3) is 3.15. The number of halogens is 1. The summed E-state index contributed by atoms with van der Waals surface area (Å²) in [6.45, 7) is 2.07. The lowest BCUT2D eigenvalue weighted by Crippen LogP contribution is -2.38. The summed E-state index contributed by atoms with van der Waals surface area (Å²) in [5.41, 5.74) is 1.36. The first-order chi connectivity index (χ1) is 11.0. The molecule has 0 saturated heterocycles. The molecule has 118 valence electrons. The molecule has 1 N–H and O–H groups in total. The van der Waals surface area contributed by atoms with Crippen molar-refractivity contribution in [3.63, 3.8) is 0 Å².